The summed E-state index contributed by atoms with van der Waals surface area (Å²) in [7, 11) is 1.49. The van der Waals surface area contributed by atoms with Crippen LogP contribution in [0.1, 0.15) is 18.5 Å². The van der Waals surface area contributed by atoms with E-state index in [1.165, 1.54) is 24.5 Å². The third kappa shape index (κ3) is 4.17. The summed E-state index contributed by atoms with van der Waals surface area (Å²) in [6.07, 6.45) is 0. The Balaban J connectivity index is 1.93. The van der Waals surface area contributed by atoms with Crippen molar-refractivity contribution in [2.24, 2.45) is 0 Å². The lowest BCUT2D eigenvalue weighted by molar-refractivity contribution is -0.140. The van der Waals surface area contributed by atoms with Gasteiger partial charge in [0.25, 0.3) is 0 Å². The minimum absolute atomic E-state index is 0.0621. The Bertz CT molecular complexity index is 880. The van der Waals surface area contributed by atoms with Gasteiger partial charge in [0.1, 0.15) is 12.4 Å². The van der Waals surface area contributed by atoms with Gasteiger partial charge in [-0.25, -0.2) is 14.0 Å². The molecule has 3 rings (SSSR count). The summed E-state index contributed by atoms with van der Waals surface area (Å²) in [5, 5.41) is 7.04. The third-order valence-corrected chi connectivity index (χ3v) is 5.05. The maximum Gasteiger partial charge on any atom is 0.338 e. The molecule has 142 valence electrons. The van der Waals surface area contributed by atoms with Crippen molar-refractivity contribution in [2.75, 3.05) is 20.3 Å². The zero-order valence-corrected chi connectivity index (χ0v) is 15.7. The summed E-state index contributed by atoms with van der Waals surface area (Å²) in [6.45, 7) is 1.88. The number of methoxy groups -OCH3 is 1. The van der Waals surface area contributed by atoms with Crippen LogP contribution in [0.4, 0.5) is 9.18 Å². The van der Waals surface area contributed by atoms with Crippen molar-refractivity contribution in [3.05, 3.63) is 58.4 Å². The maximum atomic E-state index is 14.9. The van der Waals surface area contributed by atoms with E-state index >= 15 is 0 Å². The van der Waals surface area contributed by atoms with Crippen LogP contribution >= 0.6 is 11.3 Å². The molecule has 1 aliphatic heterocycles. The number of hydrogen-bond acceptors (Lipinski definition) is 5. The number of amides is 2. The number of halogens is 1. The number of nitrogens with one attached hydrogen (secondary N) is 2. The van der Waals surface area contributed by atoms with Crippen molar-refractivity contribution in [2.45, 2.75) is 13.0 Å². The summed E-state index contributed by atoms with van der Waals surface area (Å²) in [6, 6.07) is 7.09. The van der Waals surface area contributed by atoms with Gasteiger partial charge >= 0.3 is 12.0 Å². The van der Waals surface area contributed by atoms with Gasteiger partial charge in [0.15, 0.2) is 0 Å². The average molecular weight is 390 g/mol. The van der Waals surface area contributed by atoms with Gasteiger partial charge in [0, 0.05) is 23.2 Å². The molecule has 0 spiro atoms. The first-order valence-electron chi connectivity index (χ1n) is 8.29. The Morgan fingerprint density at radius 1 is 1.30 bits per heavy atom. The van der Waals surface area contributed by atoms with E-state index in [9.17, 15) is 14.0 Å². The minimum Gasteiger partial charge on any atom is -0.460 e. The zero-order valence-electron chi connectivity index (χ0n) is 14.9. The fraction of sp³-hybridized carbons (Fsp3) is 0.263. The van der Waals surface area contributed by atoms with Crippen LogP contribution in [0.3, 0.4) is 0 Å². The van der Waals surface area contributed by atoms with Gasteiger partial charge in [-0.05, 0) is 30.0 Å². The van der Waals surface area contributed by atoms with E-state index in [1.54, 1.807) is 19.1 Å². The van der Waals surface area contributed by atoms with E-state index in [1.807, 2.05) is 17.5 Å². The van der Waals surface area contributed by atoms with Crippen LogP contribution in [-0.4, -0.2) is 32.3 Å². The molecule has 1 atom stereocenters. The Labute approximate surface area is 160 Å². The van der Waals surface area contributed by atoms with E-state index in [4.69, 9.17) is 9.47 Å². The Kier molecular flexibility index (Phi) is 5.88. The van der Waals surface area contributed by atoms with Gasteiger partial charge in [0.05, 0.1) is 18.2 Å². The molecule has 1 aliphatic rings. The maximum absolute atomic E-state index is 14.9. The standard InChI is InChI=1S/C19H19FN2O4S/c1-11-16(18(23)26-8-7-25-2)17(22-19(24)21-11)13-6-5-12(10-14(13)20)15-4-3-9-27-15/h3-6,9-10,17H,7-8H2,1-2H3,(H2,21,22,24)/t17-/m1/s1. The molecule has 6 nitrogen and oxygen atoms in total. The summed E-state index contributed by atoms with van der Waals surface area (Å²) < 4.78 is 24.9. The van der Waals surface area contributed by atoms with Crippen LogP contribution in [0.2, 0.25) is 0 Å². The Morgan fingerprint density at radius 3 is 2.78 bits per heavy atom. The van der Waals surface area contributed by atoms with E-state index in [2.05, 4.69) is 10.6 Å². The van der Waals surface area contributed by atoms with Crippen LogP contribution < -0.4 is 10.6 Å². The van der Waals surface area contributed by atoms with E-state index < -0.39 is 23.9 Å². The third-order valence-electron chi connectivity index (χ3n) is 4.13. The molecule has 0 saturated heterocycles. The molecule has 8 heteroatoms. The Hall–Kier alpha value is -2.71. The molecule has 1 aromatic heterocycles. The van der Waals surface area contributed by atoms with Crippen molar-refractivity contribution in [3.63, 3.8) is 0 Å². The molecule has 2 N–H and O–H groups in total. The van der Waals surface area contributed by atoms with Gasteiger partial charge < -0.3 is 20.1 Å². The molecular formula is C19H19FN2O4S. The second-order valence-electron chi connectivity index (χ2n) is 5.91. The number of hydrogen-bond donors (Lipinski definition) is 2. The quantitative estimate of drug-likeness (QED) is 0.586. The van der Waals surface area contributed by atoms with Crippen molar-refractivity contribution in [1.29, 1.82) is 0 Å². The smallest absolute Gasteiger partial charge is 0.338 e. The van der Waals surface area contributed by atoms with Gasteiger partial charge in [-0.3, -0.25) is 0 Å². The highest BCUT2D eigenvalue weighted by molar-refractivity contribution is 7.13. The molecular weight excluding hydrogens is 371 g/mol. The zero-order chi connectivity index (χ0) is 19.4. The number of ether oxygens (including phenoxy) is 2. The van der Waals surface area contributed by atoms with Crippen LogP contribution in [0.15, 0.2) is 47.0 Å². The first-order valence-corrected chi connectivity index (χ1v) is 9.17. The molecule has 1 aromatic carbocycles. The minimum atomic E-state index is -0.939. The monoisotopic (exact) mass is 390 g/mol. The van der Waals surface area contributed by atoms with Crippen LogP contribution in [0.5, 0.6) is 0 Å². The summed E-state index contributed by atoms with van der Waals surface area (Å²) in [5.74, 6) is -1.15. The summed E-state index contributed by atoms with van der Waals surface area (Å²) in [5.41, 5.74) is 1.42. The fourth-order valence-electron chi connectivity index (χ4n) is 2.85. The van der Waals surface area contributed by atoms with E-state index in [0.29, 0.717) is 5.70 Å². The highest BCUT2D eigenvalue weighted by Gasteiger charge is 2.33. The predicted molar refractivity (Wildman–Crippen MR) is 99.7 cm³/mol. The number of carbonyl (C=O) groups is 2. The highest BCUT2D eigenvalue weighted by atomic mass is 32.1. The molecule has 2 aromatic rings. The number of thiophene rings is 1. The lowest BCUT2D eigenvalue weighted by Gasteiger charge is -2.28. The molecule has 0 unspecified atom stereocenters. The largest absolute Gasteiger partial charge is 0.460 e. The fourth-order valence-corrected chi connectivity index (χ4v) is 3.57. The van der Waals surface area contributed by atoms with Crippen LogP contribution in [-0.2, 0) is 14.3 Å². The van der Waals surface area contributed by atoms with Gasteiger partial charge in [-0.1, -0.05) is 18.2 Å². The van der Waals surface area contributed by atoms with Crippen LogP contribution in [0.25, 0.3) is 10.4 Å². The number of carbonyl (C=O) groups excluding carboxylic acids is 2. The summed E-state index contributed by atoms with van der Waals surface area (Å²) >= 11 is 1.50. The molecule has 2 amide bonds. The SMILES string of the molecule is COCCOC(=O)C1=C(C)NC(=O)N[C@@H]1c1ccc(-c2cccs2)cc1F. The van der Waals surface area contributed by atoms with Gasteiger partial charge in [-0.15, -0.1) is 11.3 Å². The number of esters is 1. The molecule has 0 saturated carbocycles. The first kappa shape index (κ1) is 19.1. The van der Waals surface area contributed by atoms with Crippen molar-refractivity contribution in [1.82, 2.24) is 10.6 Å². The first-order chi connectivity index (χ1) is 13.0. The lowest BCUT2D eigenvalue weighted by atomic mass is 9.94. The van der Waals surface area contributed by atoms with Crippen molar-refractivity contribution >= 4 is 23.3 Å². The van der Waals surface area contributed by atoms with E-state index in [-0.39, 0.29) is 24.4 Å². The topological polar surface area (TPSA) is 76.7 Å². The van der Waals surface area contributed by atoms with E-state index in [0.717, 1.165) is 10.4 Å². The van der Waals surface area contributed by atoms with Gasteiger partial charge in [-0.2, -0.15) is 0 Å². The number of allylic oxidation sites excluding steroid dienone is 1. The average Bonchev–Trinajstić information content (AvgIpc) is 3.15. The number of urea groups is 1. The van der Waals surface area contributed by atoms with Gasteiger partial charge in [0.2, 0.25) is 0 Å². The second-order valence-corrected chi connectivity index (χ2v) is 6.86. The van der Waals surface area contributed by atoms with Crippen LogP contribution in [0, 0.1) is 5.82 Å². The Morgan fingerprint density at radius 2 is 2.11 bits per heavy atom. The van der Waals surface area contributed by atoms with Crippen molar-refractivity contribution < 1.29 is 23.5 Å². The molecule has 0 fully saturated rings. The molecule has 0 radical (unpaired) electrons. The normalized spacial score (nSPS) is 16.7. The molecule has 0 aliphatic carbocycles. The van der Waals surface area contributed by atoms with Crippen molar-refractivity contribution in [3.8, 4) is 10.4 Å². The second kappa shape index (κ2) is 8.32. The predicted octanol–water partition coefficient (Wildman–Crippen LogP) is 3.37. The molecule has 2 heterocycles. The molecule has 27 heavy (non-hydrogen) atoms. The number of benzene rings is 1. The highest BCUT2D eigenvalue weighted by Crippen LogP contribution is 2.32. The summed E-state index contributed by atoms with van der Waals surface area (Å²) in [4.78, 5) is 25.3. The molecule has 0 bridgehead atoms. The lowest BCUT2D eigenvalue weighted by Crippen LogP contribution is -2.45. The number of rotatable bonds is 6.